The van der Waals surface area contributed by atoms with Crippen LogP contribution in [0.4, 0.5) is 0 Å². The van der Waals surface area contributed by atoms with Gasteiger partial charge in [0.15, 0.2) is 11.5 Å². The summed E-state index contributed by atoms with van der Waals surface area (Å²) in [6.07, 6.45) is 1.46. The van der Waals surface area contributed by atoms with Crippen molar-refractivity contribution in [2.45, 2.75) is 0 Å². The molecule has 0 saturated carbocycles. The summed E-state index contributed by atoms with van der Waals surface area (Å²) in [6, 6.07) is 11.5. The lowest BCUT2D eigenvalue weighted by Crippen LogP contribution is -2.02. The zero-order chi connectivity index (χ0) is 18.4. The summed E-state index contributed by atoms with van der Waals surface area (Å²) in [7, 11) is 4.51. The molecular weight excluding hydrogens is 342 g/mol. The first kappa shape index (κ1) is 18.4. The molecule has 0 aliphatic carbocycles. The van der Waals surface area contributed by atoms with Crippen LogP contribution >= 0.6 is 11.6 Å². The van der Waals surface area contributed by atoms with Crippen LogP contribution in [0.15, 0.2) is 42.0 Å². The topological polar surface area (TPSA) is 68.6 Å². The van der Waals surface area contributed by atoms with Crippen LogP contribution in [0.1, 0.15) is 15.9 Å². The molecule has 0 aromatic heterocycles. The Kier molecular flexibility index (Phi) is 6.04. The molecule has 0 aliphatic heterocycles. The summed E-state index contributed by atoms with van der Waals surface area (Å²) in [5, 5.41) is 9.92. The van der Waals surface area contributed by atoms with E-state index in [1.807, 2.05) is 6.07 Å². The Morgan fingerprint density at radius 1 is 1.00 bits per heavy atom. The van der Waals surface area contributed by atoms with Crippen molar-refractivity contribution in [3.8, 4) is 23.3 Å². The van der Waals surface area contributed by atoms with Crippen molar-refractivity contribution < 1.29 is 19.0 Å². The van der Waals surface area contributed by atoms with E-state index in [2.05, 4.69) is 0 Å². The number of nitrogens with zero attached hydrogens (tertiary/aromatic N) is 1. The van der Waals surface area contributed by atoms with Gasteiger partial charge in [-0.3, -0.25) is 4.79 Å². The second-order valence-corrected chi connectivity index (χ2v) is 5.39. The van der Waals surface area contributed by atoms with E-state index in [0.717, 1.165) is 0 Å². The highest BCUT2D eigenvalue weighted by Gasteiger charge is 2.15. The molecular formula is C19H16ClNO4. The van der Waals surface area contributed by atoms with Crippen LogP contribution in [-0.4, -0.2) is 27.1 Å². The third-order valence-electron chi connectivity index (χ3n) is 3.51. The van der Waals surface area contributed by atoms with Gasteiger partial charge in [-0.2, -0.15) is 5.26 Å². The molecule has 2 rings (SSSR count). The number of nitriles is 1. The number of Topliss-reactive ketones (excluding diaryl/α,β-unsaturated/α-hetero) is 1. The number of hydrogen-bond donors (Lipinski definition) is 0. The number of hydrogen-bond acceptors (Lipinski definition) is 5. The van der Waals surface area contributed by atoms with Gasteiger partial charge in [0.1, 0.15) is 17.4 Å². The van der Waals surface area contributed by atoms with Crippen LogP contribution in [0.3, 0.4) is 0 Å². The lowest BCUT2D eigenvalue weighted by atomic mass is 10.0. The third kappa shape index (κ3) is 4.11. The van der Waals surface area contributed by atoms with E-state index >= 15 is 0 Å². The predicted molar refractivity (Wildman–Crippen MR) is 95.5 cm³/mol. The Labute approximate surface area is 151 Å². The Bertz CT molecular complexity index is 851. The predicted octanol–water partition coefficient (Wildman–Crippen LogP) is 4.16. The first-order valence-electron chi connectivity index (χ1n) is 7.26. The fourth-order valence-corrected chi connectivity index (χ4v) is 2.35. The average molecular weight is 358 g/mol. The quantitative estimate of drug-likeness (QED) is 0.441. The second kappa shape index (κ2) is 8.22. The molecule has 0 bridgehead atoms. The lowest BCUT2D eigenvalue weighted by Gasteiger charge is -2.12. The number of carbonyl (C=O) groups is 1. The van der Waals surface area contributed by atoms with Crippen molar-refractivity contribution in [1.82, 2.24) is 0 Å². The van der Waals surface area contributed by atoms with E-state index in [1.54, 1.807) is 36.4 Å². The number of rotatable bonds is 6. The fraction of sp³-hybridized carbons (Fsp3) is 0.158. The first-order chi connectivity index (χ1) is 12.0. The van der Waals surface area contributed by atoms with Gasteiger partial charge >= 0.3 is 0 Å². The highest BCUT2D eigenvalue weighted by atomic mass is 35.5. The highest BCUT2D eigenvalue weighted by molar-refractivity contribution is 6.30. The Hall–Kier alpha value is -2.97. The highest BCUT2D eigenvalue weighted by Crippen LogP contribution is 2.35. The first-order valence-corrected chi connectivity index (χ1v) is 7.64. The van der Waals surface area contributed by atoms with Crippen molar-refractivity contribution in [1.29, 1.82) is 5.26 Å². The van der Waals surface area contributed by atoms with Gasteiger partial charge in [0.25, 0.3) is 0 Å². The van der Waals surface area contributed by atoms with Gasteiger partial charge < -0.3 is 14.2 Å². The molecule has 0 heterocycles. The Balaban J connectivity index is 2.50. The van der Waals surface area contributed by atoms with Crippen LogP contribution in [0.2, 0.25) is 5.02 Å². The summed E-state index contributed by atoms with van der Waals surface area (Å²) < 4.78 is 15.8. The summed E-state index contributed by atoms with van der Waals surface area (Å²) in [4.78, 5) is 12.5. The molecule has 0 atom stereocenters. The van der Waals surface area contributed by atoms with Crippen molar-refractivity contribution in [2.75, 3.05) is 21.3 Å². The van der Waals surface area contributed by atoms with Gasteiger partial charge in [-0.25, -0.2) is 0 Å². The molecule has 0 amide bonds. The van der Waals surface area contributed by atoms with E-state index in [4.69, 9.17) is 25.8 Å². The number of allylic oxidation sites excluding steroid dienone is 1. The normalized spacial score (nSPS) is 10.8. The van der Waals surface area contributed by atoms with Gasteiger partial charge in [0.05, 0.1) is 21.3 Å². The molecule has 0 fully saturated rings. The van der Waals surface area contributed by atoms with E-state index in [9.17, 15) is 10.1 Å². The average Bonchev–Trinajstić information content (AvgIpc) is 2.65. The molecule has 0 unspecified atom stereocenters. The second-order valence-electron chi connectivity index (χ2n) is 4.95. The minimum absolute atomic E-state index is 0.0344. The van der Waals surface area contributed by atoms with Crippen LogP contribution in [-0.2, 0) is 0 Å². The summed E-state index contributed by atoms with van der Waals surface area (Å²) in [5.41, 5.74) is 0.864. The summed E-state index contributed by atoms with van der Waals surface area (Å²) in [5.74, 6) is 0.995. The van der Waals surface area contributed by atoms with Crippen molar-refractivity contribution >= 4 is 23.5 Å². The van der Waals surface area contributed by atoms with Crippen molar-refractivity contribution in [3.05, 3.63) is 58.1 Å². The molecule has 0 aliphatic rings. The maximum atomic E-state index is 12.5. The minimum atomic E-state index is -0.406. The smallest absolute Gasteiger partial charge is 0.203 e. The molecule has 0 saturated heterocycles. The minimum Gasteiger partial charge on any atom is -0.496 e. The maximum Gasteiger partial charge on any atom is 0.203 e. The molecule has 2 aromatic rings. The summed E-state index contributed by atoms with van der Waals surface area (Å²) in [6.45, 7) is 0. The summed E-state index contributed by atoms with van der Waals surface area (Å²) >= 11 is 5.83. The van der Waals surface area contributed by atoms with Crippen LogP contribution < -0.4 is 14.2 Å². The Morgan fingerprint density at radius 3 is 2.08 bits per heavy atom. The van der Waals surface area contributed by atoms with Gasteiger partial charge in [-0.05, 0) is 36.4 Å². The fourth-order valence-electron chi connectivity index (χ4n) is 2.23. The molecule has 25 heavy (non-hydrogen) atoms. The van der Waals surface area contributed by atoms with E-state index in [0.29, 0.717) is 33.4 Å². The number of methoxy groups -OCH3 is 3. The molecule has 5 nitrogen and oxygen atoms in total. The Morgan fingerprint density at radius 2 is 1.56 bits per heavy atom. The largest absolute Gasteiger partial charge is 0.496 e. The third-order valence-corrected chi connectivity index (χ3v) is 3.76. The number of halogens is 1. The maximum absolute atomic E-state index is 12.5. The SMILES string of the molecule is COc1cc(OC)c(OC)cc1/C=C(\C#N)C(=O)c1ccc(Cl)cc1. The van der Waals surface area contributed by atoms with E-state index < -0.39 is 5.78 Å². The van der Waals surface area contributed by atoms with Crippen LogP contribution in [0.5, 0.6) is 17.2 Å². The standard InChI is InChI=1S/C19H16ClNO4/c1-23-16-10-18(25-3)17(24-2)9-13(16)8-14(11-21)19(22)12-4-6-15(20)7-5-12/h4-10H,1-3H3/b14-8+. The van der Waals surface area contributed by atoms with Crippen molar-refractivity contribution in [3.63, 3.8) is 0 Å². The van der Waals surface area contributed by atoms with Crippen LogP contribution in [0.25, 0.3) is 6.08 Å². The van der Waals surface area contributed by atoms with Crippen molar-refractivity contribution in [2.24, 2.45) is 0 Å². The van der Waals surface area contributed by atoms with Gasteiger partial charge in [0, 0.05) is 22.2 Å². The zero-order valence-electron chi connectivity index (χ0n) is 14.0. The molecule has 0 spiro atoms. The number of benzene rings is 2. The molecule has 0 radical (unpaired) electrons. The molecule has 128 valence electrons. The van der Waals surface area contributed by atoms with Crippen LogP contribution in [0, 0.1) is 11.3 Å². The number of ketones is 1. The van der Waals surface area contributed by atoms with Gasteiger partial charge in [-0.15, -0.1) is 0 Å². The molecule has 0 N–H and O–H groups in total. The zero-order valence-corrected chi connectivity index (χ0v) is 14.8. The molecule has 6 heteroatoms. The molecule has 2 aromatic carbocycles. The lowest BCUT2D eigenvalue weighted by molar-refractivity contribution is 0.104. The van der Waals surface area contributed by atoms with E-state index in [1.165, 1.54) is 27.4 Å². The number of carbonyl (C=O) groups excluding carboxylic acids is 1. The number of ether oxygens (including phenoxy) is 3. The van der Waals surface area contributed by atoms with Gasteiger partial charge in [0.2, 0.25) is 5.78 Å². The van der Waals surface area contributed by atoms with E-state index in [-0.39, 0.29) is 5.57 Å². The van der Waals surface area contributed by atoms with Gasteiger partial charge in [-0.1, -0.05) is 11.6 Å². The monoisotopic (exact) mass is 357 g/mol.